The number of esters is 1. The predicted octanol–water partition coefficient (Wildman–Crippen LogP) is 4.73. The van der Waals surface area contributed by atoms with Crippen LogP contribution in [0.4, 0.5) is 0 Å². The van der Waals surface area contributed by atoms with Crippen LogP contribution in [-0.4, -0.2) is 36.2 Å². The van der Waals surface area contributed by atoms with Crippen LogP contribution in [0.3, 0.4) is 0 Å². The van der Waals surface area contributed by atoms with Crippen LogP contribution in [0.5, 0.6) is 0 Å². The van der Waals surface area contributed by atoms with Crippen molar-refractivity contribution < 1.29 is 14.0 Å². The molecule has 2 aromatic rings. The normalized spacial score (nSPS) is 32.6. The second-order valence-electron chi connectivity index (χ2n) is 8.23. The van der Waals surface area contributed by atoms with Gasteiger partial charge in [0, 0.05) is 21.8 Å². The maximum Gasteiger partial charge on any atom is 0.315 e. The zero-order valence-corrected chi connectivity index (χ0v) is 17.5. The maximum absolute atomic E-state index is 13.0. The van der Waals surface area contributed by atoms with E-state index in [0.29, 0.717) is 6.61 Å². The lowest BCUT2D eigenvalue weighted by Gasteiger charge is -2.30. The molecule has 146 valence electrons. The number of rotatable bonds is 3. The van der Waals surface area contributed by atoms with Gasteiger partial charge < -0.3 is 4.74 Å². The van der Waals surface area contributed by atoms with Crippen LogP contribution in [0.25, 0.3) is 0 Å². The van der Waals surface area contributed by atoms with Crippen LogP contribution in [-0.2, 0) is 20.8 Å². The van der Waals surface area contributed by atoms with Gasteiger partial charge in [-0.05, 0) is 38.3 Å². The molecule has 3 aliphatic heterocycles. The number of carbonyl (C=O) groups excluding carboxylic acids is 1. The summed E-state index contributed by atoms with van der Waals surface area (Å²) in [6.07, 6.45) is 2.04. The molecular weight excluding hydrogens is 366 g/mol. The average molecular weight is 395 g/mol. The minimum absolute atomic E-state index is 0.00638. The van der Waals surface area contributed by atoms with E-state index in [1.165, 1.54) is 21.6 Å². The van der Waals surface area contributed by atoms with Gasteiger partial charge in [-0.2, -0.15) is 0 Å². The zero-order valence-electron chi connectivity index (χ0n) is 16.7. The summed E-state index contributed by atoms with van der Waals surface area (Å²) in [6.45, 7) is 6.87. The summed E-state index contributed by atoms with van der Waals surface area (Å²) < 4.78 is 6.56. The summed E-state index contributed by atoms with van der Waals surface area (Å²) in [7, 11) is 0. The first-order valence-corrected chi connectivity index (χ1v) is 11.5. The number of hydrogen-bond donors (Lipinski definition) is 0. The number of carbonyl (C=O) groups is 1. The third-order valence-electron chi connectivity index (χ3n) is 7.31. The molecule has 4 heteroatoms. The molecule has 0 N–H and O–H groups in total. The Balaban J connectivity index is 1.77. The number of nitrogens with zero attached hydrogens (tertiary/aromatic N) is 1. The lowest BCUT2D eigenvalue weighted by molar-refractivity contribution is -0.846. The van der Waals surface area contributed by atoms with Crippen molar-refractivity contribution in [3.63, 3.8) is 0 Å². The molecule has 5 rings (SSSR count). The number of benzene rings is 2. The number of quaternary nitrogens is 1. The van der Waals surface area contributed by atoms with Crippen molar-refractivity contribution in [3.05, 3.63) is 65.2 Å². The van der Waals surface area contributed by atoms with Gasteiger partial charge in [-0.3, -0.25) is 9.28 Å². The maximum atomic E-state index is 13.0. The molecule has 2 saturated heterocycles. The molecular formula is C24H28NO2S+. The SMILES string of the molecule is CCOC(=O)C1CCC[N@@+]2(CC)C1[C@]21c2ccccc2CSc2ccccc21. The monoisotopic (exact) mass is 394 g/mol. The van der Waals surface area contributed by atoms with Crippen molar-refractivity contribution in [3.8, 4) is 0 Å². The average Bonchev–Trinajstić information content (AvgIpc) is 3.40. The Morgan fingerprint density at radius 1 is 1.14 bits per heavy atom. The van der Waals surface area contributed by atoms with E-state index in [4.69, 9.17) is 4.74 Å². The van der Waals surface area contributed by atoms with Gasteiger partial charge in [-0.1, -0.05) is 42.5 Å². The molecule has 28 heavy (non-hydrogen) atoms. The summed E-state index contributed by atoms with van der Waals surface area (Å²) in [6, 6.07) is 18.1. The van der Waals surface area contributed by atoms with E-state index >= 15 is 0 Å². The summed E-state index contributed by atoms with van der Waals surface area (Å²) >= 11 is 1.94. The summed E-state index contributed by atoms with van der Waals surface area (Å²) in [4.78, 5) is 14.4. The first-order valence-electron chi connectivity index (χ1n) is 10.5. The molecule has 0 aliphatic carbocycles. The number of fused-ring (bicyclic) bond motifs is 7. The number of ether oxygens (including phenoxy) is 1. The van der Waals surface area contributed by atoms with Crippen LogP contribution in [0.2, 0.25) is 0 Å². The van der Waals surface area contributed by atoms with Gasteiger partial charge in [0.15, 0.2) is 6.04 Å². The van der Waals surface area contributed by atoms with E-state index in [2.05, 4.69) is 55.5 Å². The third-order valence-corrected chi connectivity index (χ3v) is 8.43. The standard InChI is InChI=1S/C24H28NO2S/c1-3-25-15-9-11-18(23(26)27-4-2)22(25)24(25)19-12-6-5-10-17(19)16-28-21-14-8-7-13-20(21)24/h5-8,10,12-14,18,22H,3-4,9,11,15-16H2,1-2H3/q+1/t18?,22?,24-,25+/m1/s1. The second kappa shape index (κ2) is 6.64. The Morgan fingerprint density at radius 3 is 2.68 bits per heavy atom. The van der Waals surface area contributed by atoms with Gasteiger partial charge in [0.2, 0.25) is 5.54 Å². The van der Waals surface area contributed by atoms with E-state index in [1.54, 1.807) is 0 Å². The molecule has 1 spiro atoms. The highest BCUT2D eigenvalue weighted by molar-refractivity contribution is 7.98. The molecule has 0 bridgehead atoms. The Labute approximate surface area is 171 Å². The fraction of sp³-hybridized carbons (Fsp3) is 0.458. The molecule has 2 aromatic carbocycles. The Kier molecular flexibility index (Phi) is 4.33. The fourth-order valence-corrected chi connectivity index (χ4v) is 7.50. The van der Waals surface area contributed by atoms with Gasteiger partial charge in [0.1, 0.15) is 5.92 Å². The van der Waals surface area contributed by atoms with E-state index < -0.39 is 0 Å². The van der Waals surface area contributed by atoms with E-state index in [1.807, 2.05) is 18.7 Å². The summed E-state index contributed by atoms with van der Waals surface area (Å²) in [5.41, 5.74) is 4.18. The first-order chi connectivity index (χ1) is 13.7. The van der Waals surface area contributed by atoms with Crippen LogP contribution >= 0.6 is 11.8 Å². The quantitative estimate of drug-likeness (QED) is 0.428. The highest BCUT2D eigenvalue weighted by Gasteiger charge is 2.84. The number of likely N-dealkylation sites (N-methyl/N-ethyl adjacent to an activating group) is 1. The van der Waals surface area contributed by atoms with Crippen LogP contribution in [0.1, 0.15) is 43.4 Å². The second-order valence-corrected chi connectivity index (χ2v) is 9.25. The molecule has 3 heterocycles. The number of piperidine rings is 1. The lowest BCUT2D eigenvalue weighted by Crippen LogP contribution is -2.41. The molecule has 3 nitrogen and oxygen atoms in total. The van der Waals surface area contributed by atoms with Crippen molar-refractivity contribution >= 4 is 17.7 Å². The lowest BCUT2D eigenvalue weighted by atomic mass is 9.80. The van der Waals surface area contributed by atoms with Gasteiger partial charge in [0.25, 0.3) is 0 Å². The smallest absolute Gasteiger partial charge is 0.315 e. The molecule has 0 amide bonds. The Morgan fingerprint density at radius 2 is 1.89 bits per heavy atom. The van der Waals surface area contributed by atoms with E-state index in [0.717, 1.165) is 36.2 Å². The molecule has 2 fully saturated rings. The van der Waals surface area contributed by atoms with Gasteiger partial charge in [0.05, 0.1) is 19.7 Å². The first kappa shape index (κ1) is 18.3. The van der Waals surface area contributed by atoms with Gasteiger partial charge >= 0.3 is 5.97 Å². The van der Waals surface area contributed by atoms with Gasteiger partial charge in [-0.25, -0.2) is 0 Å². The molecule has 4 atom stereocenters. The highest BCUT2D eigenvalue weighted by Crippen LogP contribution is 2.69. The van der Waals surface area contributed by atoms with E-state index in [9.17, 15) is 4.79 Å². The van der Waals surface area contributed by atoms with Crippen LogP contribution in [0.15, 0.2) is 53.4 Å². The predicted molar refractivity (Wildman–Crippen MR) is 112 cm³/mol. The third kappa shape index (κ3) is 2.19. The zero-order chi connectivity index (χ0) is 19.4. The molecule has 2 unspecified atom stereocenters. The minimum atomic E-state index is -0.112. The van der Waals surface area contributed by atoms with Crippen LogP contribution in [0, 0.1) is 5.92 Å². The largest absolute Gasteiger partial charge is 0.466 e. The Bertz CT molecular complexity index is 879. The van der Waals surface area contributed by atoms with Crippen LogP contribution < -0.4 is 0 Å². The number of hydrogen-bond acceptors (Lipinski definition) is 3. The summed E-state index contributed by atoms with van der Waals surface area (Å²) in [5, 5.41) is 0. The molecule has 0 saturated carbocycles. The molecule has 3 aliphatic rings. The van der Waals surface area contributed by atoms with Crippen molar-refractivity contribution in [2.24, 2.45) is 5.92 Å². The summed E-state index contributed by atoms with van der Waals surface area (Å²) in [5.74, 6) is 0.986. The Hall–Kier alpha value is -1.78. The number of thioether (sulfide) groups is 1. The minimum Gasteiger partial charge on any atom is -0.466 e. The van der Waals surface area contributed by atoms with Crippen molar-refractivity contribution in [1.29, 1.82) is 0 Å². The van der Waals surface area contributed by atoms with Gasteiger partial charge in [-0.15, -0.1) is 11.8 Å². The molecule has 0 radical (unpaired) electrons. The highest BCUT2D eigenvalue weighted by atomic mass is 32.2. The fourth-order valence-electron chi connectivity index (χ4n) is 6.38. The topological polar surface area (TPSA) is 26.3 Å². The van der Waals surface area contributed by atoms with E-state index in [-0.39, 0.29) is 23.5 Å². The van der Waals surface area contributed by atoms with Crippen molar-refractivity contribution in [1.82, 2.24) is 0 Å². The molecule has 0 aromatic heterocycles. The van der Waals surface area contributed by atoms with Crippen molar-refractivity contribution in [2.75, 3.05) is 19.7 Å². The van der Waals surface area contributed by atoms with Crippen molar-refractivity contribution in [2.45, 2.75) is 48.9 Å².